The van der Waals surface area contributed by atoms with Crippen LogP contribution >= 0.6 is 0 Å². The summed E-state index contributed by atoms with van der Waals surface area (Å²) in [6.45, 7) is 3.89. The fourth-order valence-corrected chi connectivity index (χ4v) is 4.85. The molecule has 0 spiro atoms. The maximum Gasteiger partial charge on any atom is 0.306 e. The smallest absolute Gasteiger partial charge is 0.306 e. The van der Waals surface area contributed by atoms with Gasteiger partial charge in [-0.3, -0.25) is 9.59 Å². The second-order valence-corrected chi connectivity index (χ2v) is 12.1. The van der Waals surface area contributed by atoms with Gasteiger partial charge in [-0.2, -0.15) is 0 Å². The second-order valence-electron chi connectivity index (χ2n) is 12.1. The Morgan fingerprint density at radius 2 is 1.20 bits per heavy atom. The predicted octanol–water partition coefficient (Wildman–Crippen LogP) is 10.2. The maximum absolute atomic E-state index is 12.1. The molecular formula is C40H68O6. The van der Waals surface area contributed by atoms with Crippen molar-refractivity contribution in [3.05, 3.63) is 60.8 Å². The SMILES string of the molecule is CC/C=C\C/C=C\CC(O)/C=C/C=C\C/C=C\CCCC(=O)OC[C@H](CO)OC(=O)CCCCCCCCCCCCCCCC. The van der Waals surface area contributed by atoms with Crippen LogP contribution in [0.1, 0.15) is 155 Å². The quantitative estimate of drug-likeness (QED) is 0.0328. The van der Waals surface area contributed by atoms with E-state index in [1.165, 1.54) is 70.6 Å². The first kappa shape index (κ1) is 43.6. The van der Waals surface area contributed by atoms with Crippen molar-refractivity contribution in [2.75, 3.05) is 13.2 Å². The summed E-state index contributed by atoms with van der Waals surface area (Å²) in [5.74, 6) is -0.700. The highest BCUT2D eigenvalue weighted by Crippen LogP contribution is 2.14. The summed E-state index contributed by atoms with van der Waals surface area (Å²) in [5, 5.41) is 19.5. The Morgan fingerprint density at radius 1 is 0.630 bits per heavy atom. The van der Waals surface area contributed by atoms with Crippen LogP contribution in [0.25, 0.3) is 0 Å². The van der Waals surface area contributed by atoms with Gasteiger partial charge in [-0.25, -0.2) is 0 Å². The minimum Gasteiger partial charge on any atom is -0.462 e. The molecule has 0 saturated heterocycles. The zero-order valence-electron chi connectivity index (χ0n) is 29.4. The highest BCUT2D eigenvalue weighted by Gasteiger charge is 2.16. The van der Waals surface area contributed by atoms with Crippen LogP contribution in [0.2, 0.25) is 0 Å². The number of aliphatic hydroxyl groups is 2. The highest BCUT2D eigenvalue weighted by atomic mass is 16.6. The first-order valence-corrected chi connectivity index (χ1v) is 18.5. The number of rotatable bonds is 32. The van der Waals surface area contributed by atoms with Gasteiger partial charge in [0.05, 0.1) is 12.7 Å². The standard InChI is InChI=1S/C40H68O6/c1-3-5-7-9-11-12-13-14-15-16-17-22-26-30-34-40(44)46-38(35-41)36-45-39(43)33-29-25-21-19-18-20-24-28-32-37(42)31-27-23-10-8-6-4-2/h6,8,19-21,23-24,27-28,32,37-38,41-42H,3-5,7,9-18,22,25-26,29-31,33-36H2,1-2H3/b8-6-,21-19-,24-20-,27-23-,32-28+/t37?,38-/m0/s1. The van der Waals surface area contributed by atoms with Crippen molar-refractivity contribution in [2.45, 2.75) is 167 Å². The number of ether oxygens (including phenoxy) is 2. The van der Waals surface area contributed by atoms with Crippen LogP contribution in [0.4, 0.5) is 0 Å². The van der Waals surface area contributed by atoms with Gasteiger partial charge in [-0.15, -0.1) is 0 Å². The third-order valence-corrected chi connectivity index (χ3v) is 7.66. The molecule has 0 aliphatic rings. The fraction of sp³-hybridized carbons (Fsp3) is 0.700. The molecule has 0 aromatic carbocycles. The van der Waals surface area contributed by atoms with Crippen molar-refractivity contribution in [3.8, 4) is 0 Å². The van der Waals surface area contributed by atoms with E-state index in [4.69, 9.17) is 9.47 Å². The molecule has 6 heteroatoms. The second kappa shape index (κ2) is 35.4. The largest absolute Gasteiger partial charge is 0.462 e. The fourth-order valence-electron chi connectivity index (χ4n) is 4.85. The Hall–Kier alpha value is -2.44. The Labute approximate surface area is 282 Å². The molecule has 0 amide bonds. The molecule has 1 unspecified atom stereocenters. The molecule has 0 radical (unpaired) electrons. The highest BCUT2D eigenvalue weighted by molar-refractivity contribution is 5.70. The number of esters is 2. The number of allylic oxidation sites excluding steroid dienone is 8. The molecule has 0 saturated carbocycles. The van der Waals surface area contributed by atoms with Crippen LogP contribution in [0.5, 0.6) is 0 Å². The Kier molecular flexibility index (Phi) is 33.5. The van der Waals surface area contributed by atoms with Crippen molar-refractivity contribution in [1.29, 1.82) is 0 Å². The summed E-state index contributed by atoms with van der Waals surface area (Å²) in [4.78, 5) is 24.2. The molecular weight excluding hydrogens is 576 g/mol. The monoisotopic (exact) mass is 645 g/mol. The number of hydrogen-bond acceptors (Lipinski definition) is 6. The van der Waals surface area contributed by atoms with Crippen molar-refractivity contribution >= 4 is 11.9 Å². The van der Waals surface area contributed by atoms with E-state index >= 15 is 0 Å². The lowest BCUT2D eigenvalue weighted by molar-refractivity contribution is -0.161. The van der Waals surface area contributed by atoms with Crippen molar-refractivity contribution in [2.24, 2.45) is 0 Å². The topological polar surface area (TPSA) is 93.1 Å². The van der Waals surface area contributed by atoms with Crippen LogP contribution in [0, 0.1) is 0 Å². The van der Waals surface area contributed by atoms with E-state index in [1.807, 2.05) is 36.5 Å². The molecule has 2 atom stereocenters. The van der Waals surface area contributed by atoms with Crippen LogP contribution in [0.3, 0.4) is 0 Å². The minimum absolute atomic E-state index is 0.116. The van der Waals surface area contributed by atoms with Crippen LogP contribution in [-0.2, 0) is 19.1 Å². The van der Waals surface area contributed by atoms with E-state index in [9.17, 15) is 19.8 Å². The maximum atomic E-state index is 12.1. The van der Waals surface area contributed by atoms with Gasteiger partial charge in [-0.05, 0) is 44.9 Å². The molecule has 0 aliphatic carbocycles. The molecule has 264 valence electrons. The lowest BCUT2D eigenvalue weighted by atomic mass is 10.0. The number of aliphatic hydroxyl groups excluding tert-OH is 2. The van der Waals surface area contributed by atoms with E-state index in [0.717, 1.165) is 44.9 Å². The number of unbranched alkanes of at least 4 members (excludes halogenated alkanes) is 14. The van der Waals surface area contributed by atoms with Crippen LogP contribution < -0.4 is 0 Å². The average molecular weight is 645 g/mol. The van der Waals surface area contributed by atoms with Crippen LogP contribution in [-0.4, -0.2) is 47.6 Å². The van der Waals surface area contributed by atoms with E-state index in [-0.39, 0.29) is 31.6 Å². The van der Waals surface area contributed by atoms with Gasteiger partial charge in [0.25, 0.3) is 0 Å². The molecule has 0 fully saturated rings. The first-order valence-electron chi connectivity index (χ1n) is 18.5. The lowest BCUT2D eigenvalue weighted by Gasteiger charge is -2.15. The zero-order chi connectivity index (χ0) is 33.8. The Morgan fingerprint density at radius 3 is 1.83 bits per heavy atom. The van der Waals surface area contributed by atoms with Crippen molar-refractivity contribution in [3.63, 3.8) is 0 Å². The molecule has 46 heavy (non-hydrogen) atoms. The van der Waals surface area contributed by atoms with Gasteiger partial charge in [0.15, 0.2) is 6.10 Å². The minimum atomic E-state index is -0.811. The summed E-state index contributed by atoms with van der Waals surface area (Å²) >= 11 is 0. The molecule has 2 N–H and O–H groups in total. The third-order valence-electron chi connectivity index (χ3n) is 7.66. The van der Waals surface area contributed by atoms with Gasteiger partial charge in [0.2, 0.25) is 0 Å². The third kappa shape index (κ3) is 32.9. The molecule has 0 bridgehead atoms. The predicted molar refractivity (Wildman–Crippen MR) is 193 cm³/mol. The van der Waals surface area contributed by atoms with Gasteiger partial charge in [0, 0.05) is 12.8 Å². The van der Waals surface area contributed by atoms with E-state index in [1.54, 1.807) is 6.08 Å². The van der Waals surface area contributed by atoms with E-state index < -0.39 is 12.2 Å². The van der Waals surface area contributed by atoms with E-state index in [0.29, 0.717) is 19.3 Å². The summed E-state index contributed by atoms with van der Waals surface area (Å²) in [6.07, 6.45) is 41.7. The summed E-state index contributed by atoms with van der Waals surface area (Å²) in [6, 6.07) is 0. The number of carbonyl (C=O) groups excluding carboxylic acids is 2. The van der Waals surface area contributed by atoms with Crippen molar-refractivity contribution < 1.29 is 29.3 Å². The lowest BCUT2D eigenvalue weighted by Crippen LogP contribution is -2.28. The van der Waals surface area contributed by atoms with E-state index in [2.05, 4.69) is 32.1 Å². The van der Waals surface area contributed by atoms with Gasteiger partial charge >= 0.3 is 11.9 Å². The molecule has 6 nitrogen and oxygen atoms in total. The summed E-state index contributed by atoms with van der Waals surface area (Å²) in [5.41, 5.74) is 0. The Balaban J connectivity index is 3.76. The number of carbonyl (C=O) groups is 2. The zero-order valence-corrected chi connectivity index (χ0v) is 29.4. The van der Waals surface area contributed by atoms with Gasteiger partial charge in [-0.1, -0.05) is 158 Å². The van der Waals surface area contributed by atoms with Crippen LogP contribution in [0.15, 0.2) is 60.8 Å². The molecule has 0 aromatic heterocycles. The normalized spacial score (nSPS) is 13.6. The molecule has 0 aliphatic heterocycles. The number of hydrogen-bond donors (Lipinski definition) is 2. The molecule has 0 heterocycles. The summed E-state index contributed by atoms with van der Waals surface area (Å²) < 4.78 is 10.5. The molecule has 0 rings (SSSR count). The molecule has 0 aromatic rings. The summed E-state index contributed by atoms with van der Waals surface area (Å²) in [7, 11) is 0. The van der Waals surface area contributed by atoms with Crippen molar-refractivity contribution in [1.82, 2.24) is 0 Å². The first-order chi connectivity index (χ1) is 22.5. The Bertz CT molecular complexity index is 841. The van der Waals surface area contributed by atoms with Gasteiger partial charge in [0.1, 0.15) is 6.61 Å². The van der Waals surface area contributed by atoms with Gasteiger partial charge < -0.3 is 19.7 Å². The average Bonchev–Trinajstić information content (AvgIpc) is 3.05.